The zero-order chi connectivity index (χ0) is 16.0. The van der Waals surface area contributed by atoms with E-state index < -0.39 is 9.84 Å². The zero-order valence-electron chi connectivity index (χ0n) is 12.9. The molecule has 1 heterocycles. The number of sulfone groups is 1. The van der Waals surface area contributed by atoms with Crippen LogP contribution in [0.3, 0.4) is 0 Å². The van der Waals surface area contributed by atoms with E-state index in [1.165, 1.54) is 0 Å². The van der Waals surface area contributed by atoms with Crippen LogP contribution in [0, 0.1) is 5.92 Å². The Kier molecular flexibility index (Phi) is 6.68. The minimum absolute atomic E-state index is 0.154. The molecule has 1 aliphatic heterocycles. The SMILES string of the molecule is COCC[C@@H](NC[C@@H]1CCCS(=O)(=O)C1)c1ccc(Cl)cc1. The molecule has 124 valence electrons. The first-order chi connectivity index (χ1) is 10.5. The molecule has 1 aromatic rings. The predicted octanol–water partition coefficient (Wildman–Crippen LogP) is 2.83. The summed E-state index contributed by atoms with van der Waals surface area (Å²) in [5, 5.41) is 4.23. The van der Waals surface area contributed by atoms with Crippen LogP contribution in [0.5, 0.6) is 0 Å². The Morgan fingerprint density at radius 1 is 1.36 bits per heavy atom. The Labute approximate surface area is 138 Å². The van der Waals surface area contributed by atoms with Gasteiger partial charge in [0.2, 0.25) is 0 Å². The average Bonchev–Trinajstić information content (AvgIpc) is 2.48. The molecular weight excluding hydrogens is 322 g/mol. The van der Waals surface area contributed by atoms with Crippen molar-refractivity contribution < 1.29 is 13.2 Å². The van der Waals surface area contributed by atoms with E-state index in [0.717, 1.165) is 31.4 Å². The van der Waals surface area contributed by atoms with E-state index in [-0.39, 0.29) is 12.0 Å². The van der Waals surface area contributed by atoms with Crippen molar-refractivity contribution in [1.82, 2.24) is 5.32 Å². The summed E-state index contributed by atoms with van der Waals surface area (Å²) in [6, 6.07) is 7.93. The molecule has 1 N–H and O–H groups in total. The maximum atomic E-state index is 11.7. The quantitative estimate of drug-likeness (QED) is 0.825. The Morgan fingerprint density at radius 3 is 2.73 bits per heavy atom. The summed E-state index contributed by atoms with van der Waals surface area (Å²) >= 11 is 5.94. The van der Waals surface area contributed by atoms with Gasteiger partial charge >= 0.3 is 0 Å². The Balaban J connectivity index is 1.96. The number of halogens is 1. The third kappa shape index (κ3) is 5.54. The van der Waals surface area contributed by atoms with Gasteiger partial charge in [0.25, 0.3) is 0 Å². The van der Waals surface area contributed by atoms with Crippen LogP contribution in [0.15, 0.2) is 24.3 Å². The van der Waals surface area contributed by atoms with Crippen LogP contribution in [-0.2, 0) is 14.6 Å². The van der Waals surface area contributed by atoms with Crippen molar-refractivity contribution in [2.75, 3.05) is 31.8 Å². The van der Waals surface area contributed by atoms with Gasteiger partial charge in [0, 0.05) is 24.8 Å². The highest BCUT2D eigenvalue weighted by Crippen LogP contribution is 2.22. The molecule has 0 unspecified atom stereocenters. The maximum absolute atomic E-state index is 11.7. The Hall–Kier alpha value is -0.620. The normalized spacial score (nSPS) is 22.4. The molecule has 1 aliphatic rings. The van der Waals surface area contributed by atoms with Gasteiger partial charge in [-0.25, -0.2) is 8.42 Å². The van der Waals surface area contributed by atoms with E-state index in [1.807, 2.05) is 24.3 Å². The lowest BCUT2D eigenvalue weighted by Crippen LogP contribution is -2.35. The fraction of sp³-hybridized carbons (Fsp3) is 0.625. The number of rotatable bonds is 7. The first-order valence-electron chi connectivity index (χ1n) is 7.68. The molecule has 1 saturated heterocycles. The first kappa shape index (κ1) is 17.7. The van der Waals surface area contributed by atoms with Gasteiger partial charge in [-0.3, -0.25) is 0 Å². The lowest BCUT2D eigenvalue weighted by atomic mass is 10.0. The van der Waals surface area contributed by atoms with Gasteiger partial charge in [0.1, 0.15) is 0 Å². The molecule has 1 aromatic carbocycles. The van der Waals surface area contributed by atoms with Crippen molar-refractivity contribution >= 4 is 21.4 Å². The Bertz CT molecular complexity index is 559. The first-order valence-corrected chi connectivity index (χ1v) is 9.88. The smallest absolute Gasteiger partial charge is 0.150 e. The molecule has 6 heteroatoms. The zero-order valence-corrected chi connectivity index (χ0v) is 14.5. The minimum Gasteiger partial charge on any atom is -0.385 e. The molecule has 0 aromatic heterocycles. The molecule has 2 rings (SSSR count). The molecule has 0 saturated carbocycles. The molecule has 2 atom stereocenters. The summed E-state index contributed by atoms with van der Waals surface area (Å²) in [6.45, 7) is 1.37. The van der Waals surface area contributed by atoms with Crippen molar-refractivity contribution in [2.45, 2.75) is 25.3 Å². The van der Waals surface area contributed by atoms with Gasteiger partial charge < -0.3 is 10.1 Å². The van der Waals surface area contributed by atoms with Gasteiger partial charge in [-0.05, 0) is 49.4 Å². The van der Waals surface area contributed by atoms with Crippen LogP contribution in [0.4, 0.5) is 0 Å². The number of benzene rings is 1. The van der Waals surface area contributed by atoms with Crippen LogP contribution in [0.2, 0.25) is 5.02 Å². The summed E-state index contributed by atoms with van der Waals surface area (Å²) in [6.07, 6.45) is 2.60. The van der Waals surface area contributed by atoms with Crippen molar-refractivity contribution in [3.05, 3.63) is 34.9 Å². The summed E-state index contributed by atoms with van der Waals surface area (Å²) < 4.78 is 28.6. The van der Waals surface area contributed by atoms with E-state index in [4.69, 9.17) is 16.3 Å². The fourth-order valence-electron chi connectivity index (χ4n) is 2.90. The van der Waals surface area contributed by atoms with Gasteiger partial charge in [-0.1, -0.05) is 23.7 Å². The number of hydrogen-bond acceptors (Lipinski definition) is 4. The molecule has 0 radical (unpaired) electrons. The third-order valence-corrected chi connectivity index (χ3v) is 6.24. The fourth-order valence-corrected chi connectivity index (χ4v) is 4.81. The van der Waals surface area contributed by atoms with Crippen LogP contribution in [0.1, 0.15) is 30.9 Å². The summed E-state index contributed by atoms with van der Waals surface area (Å²) in [5.74, 6) is 0.849. The largest absolute Gasteiger partial charge is 0.385 e. The highest BCUT2D eigenvalue weighted by atomic mass is 35.5. The second-order valence-corrected chi connectivity index (χ2v) is 8.58. The Morgan fingerprint density at radius 2 is 2.09 bits per heavy atom. The summed E-state index contributed by atoms with van der Waals surface area (Å²) in [4.78, 5) is 0. The molecule has 4 nitrogen and oxygen atoms in total. The van der Waals surface area contributed by atoms with Gasteiger partial charge in [-0.15, -0.1) is 0 Å². The lowest BCUT2D eigenvalue weighted by molar-refractivity contribution is 0.181. The molecule has 22 heavy (non-hydrogen) atoms. The van der Waals surface area contributed by atoms with E-state index in [0.29, 0.717) is 23.1 Å². The van der Waals surface area contributed by atoms with Gasteiger partial charge in [0.05, 0.1) is 11.5 Å². The van der Waals surface area contributed by atoms with E-state index in [9.17, 15) is 8.42 Å². The topological polar surface area (TPSA) is 55.4 Å². The van der Waals surface area contributed by atoms with E-state index in [1.54, 1.807) is 7.11 Å². The van der Waals surface area contributed by atoms with Crippen molar-refractivity contribution in [2.24, 2.45) is 5.92 Å². The van der Waals surface area contributed by atoms with Crippen LogP contribution < -0.4 is 5.32 Å². The number of nitrogens with one attached hydrogen (secondary N) is 1. The number of hydrogen-bond donors (Lipinski definition) is 1. The van der Waals surface area contributed by atoms with Crippen molar-refractivity contribution in [1.29, 1.82) is 0 Å². The average molecular weight is 346 g/mol. The van der Waals surface area contributed by atoms with E-state index >= 15 is 0 Å². The molecule has 0 aliphatic carbocycles. The second kappa shape index (κ2) is 8.29. The van der Waals surface area contributed by atoms with E-state index in [2.05, 4.69) is 5.32 Å². The monoisotopic (exact) mass is 345 g/mol. The number of ether oxygens (including phenoxy) is 1. The van der Waals surface area contributed by atoms with Gasteiger partial charge in [0.15, 0.2) is 9.84 Å². The number of methoxy groups -OCH3 is 1. The molecule has 0 spiro atoms. The molecule has 0 amide bonds. The lowest BCUT2D eigenvalue weighted by Gasteiger charge is -2.26. The highest BCUT2D eigenvalue weighted by molar-refractivity contribution is 7.91. The predicted molar refractivity (Wildman–Crippen MR) is 90.1 cm³/mol. The maximum Gasteiger partial charge on any atom is 0.150 e. The van der Waals surface area contributed by atoms with Crippen molar-refractivity contribution in [3.8, 4) is 0 Å². The highest BCUT2D eigenvalue weighted by Gasteiger charge is 2.25. The second-order valence-electron chi connectivity index (χ2n) is 5.92. The van der Waals surface area contributed by atoms with Gasteiger partial charge in [-0.2, -0.15) is 0 Å². The summed E-state index contributed by atoms with van der Waals surface area (Å²) in [5.41, 5.74) is 1.15. The standard InChI is InChI=1S/C16H24ClNO3S/c1-21-9-8-16(14-4-6-15(17)7-5-14)18-11-13-3-2-10-22(19,20)12-13/h4-7,13,16,18H,2-3,8-12H2,1H3/t13-,16+/m0/s1. The van der Waals surface area contributed by atoms with Crippen molar-refractivity contribution in [3.63, 3.8) is 0 Å². The molecule has 0 bridgehead atoms. The van der Waals surface area contributed by atoms with Crippen LogP contribution in [0.25, 0.3) is 0 Å². The summed E-state index contributed by atoms with van der Waals surface area (Å²) in [7, 11) is -1.16. The van der Waals surface area contributed by atoms with Crippen LogP contribution in [-0.4, -0.2) is 40.2 Å². The third-order valence-electron chi connectivity index (χ3n) is 4.09. The molecule has 1 fully saturated rings. The van der Waals surface area contributed by atoms with Crippen LogP contribution >= 0.6 is 11.6 Å². The minimum atomic E-state index is -2.85. The molecular formula is C16H24ClNO3S.